The monoisotopic (exact) mass is 243 g/mol. The number of amides is 1. The zero-order valence-electron chi connectivity index (χ0n) is 10.3. The molecular weight excluding hydrogens is 226 g/mol. The summed E-state index contributed by atoms with van der Waals surface area (Å²) in [6, 6.07) is 9.41. The third-order valence-electron chi connectivity index (χ3n) is 4.09. The van der Waals surface area contributed by atoms with E-state index in [1.54, 1.807) is 0 Å². The Hall–Kier alpha value is -1.64. The fourth-order valence-corrected chi connectivity index (χ4v) is 3.19. The average molecular weight is 243 g/mol. The van der Waals surface area contributed by atoms with Crippen molar-refractivity contribution in [3.05, 3.63) is 35.9 Å². The first kappa shape index (κ1) is 11.5. The van der Waals surface area contributed by atoms with Crippen molar-refractivity contribution in [1.29, 1.82) is 0 Å². The van der Waals surface area contributed by atoms with Crippen molar-refractivity contribution < 1.29 is 9.59 Å². The number of benzene rings is 1. The van der Waals surface area contributed by atoms with Crippen LogP contribution in [0.3, 0.4) is 0 Å². The summed E-state index contributed by atoms with van der Waals surface area (Å²) in [6.07, 6.45) is 4.44. The second-order valence-electron chi connectivity index (χ2n) is 5.18. The highest BCUT2D eigenvalue weighted by Gasteiger charge is 2.41. The molecule has 2 aliphatic rings. The lowest BCUT2D eigenvalue weighted by Gasteiger charge is -2.45. The van der Waals surface area contributed by atoms with Crippen molar-refractivity contribution in [2.75, 3.05) is 0 Å². The van der Waals surface area contributed by atoms with Crippen LogP contribution in [0.4, 0.5) is 0 Å². The first-order valence-corrected chi connectivity index (χ1v) is 6.68. The minimum Gasteiger partial charge on any atom is -0.326 e. The highest BCUT2D eigenvalue weighted by Crippen LogP contribution is 2.33. The molecule has 0 aliphatic carbocycles. The third kappa shape index (κ3) is 1.84. The Bertz CT molecular complexity index is 469. The summed E-state index contributed by atoms with van der Waals surface area (Å²) in [4.78, 5) is 26.3. The van der Waals surface area contributed by atoms with Crippen LogP contribution >= 0.6 is 0 Å². The van der Waals surface area contributed by atoms with Gasteiger partial charge in [-0.3, -0.25) is 9.59 Å². The molecule has 1 amide bonds. The maximum Gasteiger partial charge on any atom is 0.254 e. The van der Waals surface area contributed by atoms with Crippen LogP contribution in [0.15, 0.2) is 30.3 Å². The van der Waals surface area contributed by atoms with Crippen LogP contribution in [0.2, 0.25) is 0 Å². The van der Waals surface area contributed by atoms with E-state index in [1.807, 2.05) is 35.2 Å². The van der Waals surface area contributed by atoms with Gasteiger partial charge in [0, 0.05) is 18.0 Å². The number of hydrogen-bond acceptors (Lipinski definition) is 2. The largest absolute Gasteiger partial charge is 0.326 e. The molecule has 2 bridgehead atoms. The molecule has 3 heteroatoms. The van der Waals surface area contributed by atoms with Crippen molar-refractivity contribution in [2.24, 2.45) is 0 Å². The van der Waals surface area contributed by atoms with E-state index in [2.05, 4.69) is 0 Å². The van der Waals surface area contributed by atoms with E-state index in [0.29, 0.717) is 12.0 Å². The quantitative estimate of drug-likeness (QED) is 0.759. The van der Waals surface area contributed by atoms with E-state index in [4.69, 9.17) is 0 Å². The molecule has 3 rings (SSSR count). The third-order valence-corrected chi connectivity index (χ3v) is 4.09. The summed E-state index contributed by atoms with van der Waals surface area (Å²) in [5.41, 5.74) is 0.698. The van der Waals surface area contributed by atoms with E-state index in [-0.39, 0.29) is 23.8 Å². The zero-order chi connectivity index (χ0) is 12.5. The van der Waals surface area contributed by atoms with E-state index in [1.165, 1.54) is 0 Å². The number of hydrogen-bond donors (Lipinski definition) is 0. The smallest absolute Gasteiger partial charge is 0.254 e. The lowest BCUT2D eigenvalue weighted by molar-refractivity contribution is -0.129. The lowest BCUT2D eigenvalue weighted by Crippen LogP contribution is -2.56. The standard InChI is InChI=1S/C15H17NO2/c17-14-10-9-12-7-4-8-13(14)16(12)15(18)11-5-2-1-3-6-11/h1-3,5-6,12-13H,4,7-10H2/t12-,13+/m1/s1. The van der Waals surface area contributed by atoms with Gasteiger partial charge in [0.1, 0.15) is 0 Å². The van der Waals surface area contributed by atoms with Crippen LogP contribution in [0.5, 0.6) is 0 Å². The molecule has 0 aromatic heterocycles. The molecule has 1 aromatic rings. The molecule has 2 fully saturated rings. The Morgan fingerprint density at radius 3 is 2.67 bits per heavy atom. The summed E-state index contributed by atoms with van der Waals surface area (Å²) < 4.78 is 0. The van der Waals surface area contributed by atoms with Crippen molar-refractivity contribution >= 4 is 11.7 Å². The summed E-state index contributed by atoms with van der Waals surface area (Å²) in [5, 5.41) is 0. The van der Waals surface area contributed by atoms with Crippen molar-refractivity contribution in [3.8, 4) is 0 Å². The molecule has 0 saturated carbocycles. The molecular formula is C15H17NO2. The number of carbonyl (C=O) groups is 2. The highest BCUT2D eigenvalue weighted by atomic mass is 16.2. The van der Waals surface area contributed by atoms with Gasteiger partial charge in [0.05, 0.1) is 6.04 Å². The molecule has 2 saturated heterocycles. The van der Waals surface area contributed by atoms with Gasteiger partial charge in [-0.25, -0.2) is 0 Å². The van der Waals surface area contributed by atoms with E-state index < -0.39 is 0 Å². The predicted octanol–water partition coefficient (Wildman–Crippen LogP) is 2.41. The highest BCUT2D eigenvalue weighted by molar-refractivity contribution is 5.99. The van der Waals surface area contributed by atoms with Crippen molar-refractivity contribution in [3.63, 3.8) is 0 Å². The topological polar surface area (TPSA) is 37.4 Å². The summed E-state index contributed by atoms with van der Waals surface area (Å²) in [5.74, 6) is 0.272. The molecule has 1 aromatic carbocycles. The molecule has 0 radical (unpaired) electrons. The van der Waals surface area contributed by atoms with Crippen molar-refractivity contribution in [2.45, 2.75) is 44.2 Å². The second kappa shape index (κ2) is 4.56. The first-order chi connectivity index (χ1) is 8.77. The minimum atomic E-state index is -0.162. The van der Waals surface area contributed by atoms with Gasteiger partial charge in [0.2, 0.25) is 0 Å². The SMILES string of the molecule is O=C1CC[C@H]2CCC[C@@H]1N2C(=O)c1ccccc1. The van der Waals surface area contributed by atoms with Gasteiger partial charge >= 0.3 is 0 Å². The van der Waals surface area contributed by atoms with Crippen LogP contribution < -0.4 is 0 Å². The van der Waals surface area contributed by atoms with Gasteiger partial charge < -0.3 is 4.90 Å². The maximum atomic E-state index is 12.5. The Kier molecular flexibility index (Phi) is 2.90. The molecule has 0 N–H and O–H groups in total. The number of piperidine rings is 2. The number of ketones is 1. The van der Waals surface area contributed by atoms with Crippen LogP contribution in [0.25, 0.3) is 0 Å². The Morgan fingerprint density at radius 1 is 1.11 bits per heavy atom. The first-order valence-electron chi connectivity index (χ1n) is 6.68. The van der Waals surface area contributed by atoms with Crippen molar-refractivity contribution in [1.82, 2.24) is 4.90 Å². The zero-order valence-corrected chi connectivity index (χ0v) is 10.3. The van der Waals surface area contributed by atoms with Crippen LogP contribution in [-0.4, -0.2) is 28.7 Å². The molecule has 0 unspecified atom stereocenters. The van der Waals surface area contributed by atoms with E-state index in [9.17, 15) is 9.59 Å². The molecule has 18 heavy (non-hydrogen) atoms. The number of carbonyl (C=O) groups excluding carboxylic acids is 2. The van der Waals surface area contributed by atoms with Crippen LogP contribution in [0, 0.1) is 0 Å². The van der Waals surface area contributed by atoms with Gasteiger partial charge in [0.15, 0.2) is 5.78 Å². The van der Waals surface area contributed by atoms with E-state index in [0.717, 1.165) is 25.7 Å². The molecule has 2 heterocycles. The number of rotatable bonds is 1. The molecule has 2 atom stereocenters. The number of nitrogens with zero attached hydrogens (tertiary/aromatic N) is 1. The number of Topliss-reactive ketones (excluding diaryl/α,β-unsaturated/α-hetero) is 1. The molecule has 2 aliphatic heterocycles. The fourth-order valence-electron chi connectivity index (χ4n) is 3.19. The normalized spacial score (nSPS) is 27.1. The summed E-state index contributed by atoms with van der Waals surface area (Å²) in [6.45, 7) is 0. The van der Waals surface area contributed by atoms with Gasteiger partial charge in [-0.1, -0.05) is 18.2 Å². The molecule has 0 spiro atoms. The van der Waals surface area contributed by atoms with Gasteiger partial charge in [0.25, 0.3) is 5.91 Å². The van der Waals surface area contributed by atoms with Crippen LogP contribution in [0.1, 0.15) is 42.5 Å². The molecule has 94 valence electrons. The Labute approximate surface area is 107 Å². The summed E-state index contributed by atoms with van der Waals surface area (Å²) >= 11 is 0. The Balaban J connectivity index is 1.90. The van der Waals surface area contributed by atoms with Gasteiger partial charge in [-0.2, -0.15) is 0 Å². The Morgan fingerprint density at radius 2 is 1.89 bits per heavy atom. The second-order valence-corrected chi connectivity index (χ2v) is 5.18. The predicted molar refractivity (Wildman–Crippen MR) is 68.3 cm³/mol. The minimum absolute atomic E-state index is 0.0263. The summed E-state index contributed by atoms with van der Waals surface area (Å²) in [7, 11) is 0. The fraction of sp³-hybridized carbons (Fsp3) is 0.467. The van der Waals surface area contributed by atoms with Gasteiger partial charge in [-0.05, 0) is 37.8 Å². The molecule has 3 nitrogen and oxygen atoms in total. The average Bonchev–Trinajstić information content (AvgIpc) is 2.43. The number of fused-ring (bicyclic) bond motifs is 2. The lowest BCUT2D eigenvalue weighted by atomic mass is 9.83. The maximum absolute atomic E-state index is 12.5. The van der Waals surface area contributed by atoms with Crippen LogP contribution in [-0.2, 0) is 4.79 Å². The van der Waals surface area contributed by atoms with Gasteiger partial charge in [-0.15, -0.1) is 0 Å². The van der Waals surface area contributed by atoms with E-state index >= 15 is 0 Å².